The Balaban J connectivity index is 1.52. The highest BCUT2D eigenvalue weighted by Gasteiger charge is 2.33. The summed E-state index contributed by atoms with van der Waals surface area (Å²) >= 11 is 6.76. The first-order valence-electron chi connectivity index (χ1n) is 11.6. The van der Waals surface area contributed by atoms with Crippen molar-refractivity contribution in [2.45, 2.75) is 26.3 Å². The number of thiocarbonyl (C=S) groups is 1. The standard InChI is InChI=1S/C26H26N4O3S2/c1-17-6-5-12-28(15-17)23-20(24(31)29-13-4-3-7-22(29)27-23)14-21-25(32)30(26(34)35-21)16-18-8-10-19(33-2)11-9-18/h3-4,7-11,13-14,17H,5-6,12,15-16H2,1-2H3/b21-14+. The second-order valence-corrected chi connectivity index (χ2v) is 10.6. The second-order valence-electron chi connectivity index (χ2n) is 8.89. The van der Waals surface area contributed by atoms with Gasteiger partial charge in [0.2, 0.25) is 0 Å². The normalized spacial score (nSPS) is 19.7. The van der Waals surface area contributed by atoms with Gasteiger partial charge in [-0.3, -0.25) is 18.9 Å². The number of amides is 1. The smallest absolute Gasteiger partial charge is 0.267 e. The van der Waals surface area contributed by atoms with E-state index < -0.39 is 0 Å². The van der Waals surface area contributed by atoms with Crippen LogP contribution in [0.25, 0.3) is 11.7 Å². The third kappa shape index (κ3) is 4.70. The fraction of sp³-hybridized carbons (Fsp3) is 0.308. The molecule has 0 spiro atoms. The van der Waals surface area contributed by atoms with Gasteiger partial charge in [-0.25, -0.2) is 4.98 Å². The third-order valence-electron chi connectivity index (χ3n) is 6.35. The molecular weight excluding hydrogens is 480 g/mol. The number of methoxy groups -OCH3 is 1. The molecule has 35 heavy (non-hydrogen) atoms. The van der Waals surface area contributed by atoms with Gasteiger partial charge >= 0.3 is 0 Å². The number of rotatable bonds is 5. The second kappa shape index (κ2) is 9.83. The first kappa shape index (κ1) is 23.6. The number of hydrogen-bond donors (Lipinski definition) is 0. The zero-order chi connectivity index (χ0) is 24.5. The molecule has 9 heteroatoms. The maximum Gasteiger partial charge on any atom is 0.267 e. The Morgan fingerprint density at radius 3 is 2.74 bits per heavy atom. The highest BCUT2D eigenvalue weighted by atomic mass is 32.2. The molecule has 0 bridgehead atoms. The van der Waals surface area contributed by atoms with Crippen molar-refractivity contribution in [3.8, 4) is 5.75 Å². The number of fused-ring (bicyclic) bond motifs is 1. The molecular formula is C26H26N4O3S2. The van der Waals surface area contributed by atoms with Crippen LogP contribution in [-0.2, 0) is 11.3 Å². The number of piperidine rings is 1. The number of benzene rings is 1. The highest BCUT2D eigenvalue weighted by molar-refractivity contribution is 8.26. The van der Waals surface area contributed by atoms with E-state index in [0.29, 0.717) is 38.7 Å². The number of hydrogen-bond acceptors (Lipinski definition) is 7. The van der Waals surface area contributed by atoms with Crippen molar-refractivity contribution in [2.24, 2.45) is 5.92 Å². The largest absolute Gasteiger partial charge is 0.497 e. The van der Waals surface area contributed by atoms with E-state index >= 15 is 0 Å². The first-order chi connectivity index (χ1) is 16.9. The number of nitrogens with zero attached hydrogens (tertiary/aromatic N) is 4. The van der Waals surface area contributed by atoms with Gasteiger partial charge in [0, 0.05) is 19.3 Å². The SMILES string of the molecule is COc1ccc(CN2C(=O)/C(=C\c3c(N4CCCC(C)C4)nc4ccccn4c3=O)SC2=S)cc1. The van der Waals surface area contributed by atoms with Gasteiger partial charge in [-0.15, -0.1) is 0 Å². The summed E-state index contributed by atoms with van der Waals surface area (Å²) < 4.78 is 7.21. The van der Waals surface area contributed by atoms with Crippen LogP contribution in [0.2, 0.25) is 0 Å². The van der Waals surface area contributed by atoms with Crippen molar-refractivity contribution in [1.29, 1.82) is 0 Å². The highest BCUT2D eigenvalue weighted by Crippen LogP contribution is 2.35. The predicted molar refractivity (Wildman–Crippen MR) is 144 cm³/mol. The molecule has 1 amide bonds. The molecule has 5 rings (SSSR count). The summed E-state index contributed by atoms with van der Waals surface area (Å²) in [6.07, 6.45) is 5.58. The lowest BCUT2D eigenvalue weighted by Gasteiger charge is -2.32. The van der Waals surface area contributed by atoms with E-state index in [1.165, 1.54) is 16.2 Å². The van der Waals surface area contributed by atoms with E-state index in [4.69, 9.17) is 21.9 Å². The minimum absolute atomic E-state index is 0.191. The summed E-state index contributed by atoms with van der Waals surface area (Å²) in [6.45, 7) is 4.23. The van der Waals surface area contributed by atoms with Gasteiger partial charge in [-0.05, 0) is 54.7 Å². The predicted octanol–water partition coefficient (Wildman–Crippen LogP) is 4.34. The van der Waals surface area contributed by atoms with Crippen LogP contribution in [0, 0.1) is 5.92 Å². The van der Waals surface area contributed by atoms with E-state index in [-0.39, 0.29) is 11.5 Å². The number of carbonyl (C=O) groups excluding carboxylic acids is 1. The maximum atomic E-state index is 13.6. The first-order valence-corrected chi connectivity index (χ1v) is 12.8. The van der Waals surface area contributed by atoms with Gasteiger partial charge in [0.1, 0.15) is 21.5 Å². The van der Waals surface area contributed by atoms with Crippen LogP contribution in [-0.4, -0.2) is 44.7 Å². The van der Waals surface area contributed by atoms with Crippen molar-refractivity contribution >= 4 is 51.7 Å². The van der Waals surface area contributed by atoms with E-state index in [1.807, 2.05) is 36.4 Å². The lowest BCUT2D eigenvalue weighted by atomic mass is 10.00. The molecule has 2 saturated heterocycles. The lowest BCUT2D eigenvalue weighted by molar-refractivity contribution is -0.122. The molecule has 4 heterocycles. The summed E-state index contributed by atoms with van der Waals surface area (Å²) in [5.41, 5.74) is 1.77. The van der Waals surface area contributed by atoms with Crippen molar-refractivity contribution in [3.63, 3.8) is 0 Å². The zero-order valence-corrected chi connectivity index (χ0v) is 21.3. The average Bonchev–Trinajstić information content (AvgIpc) is 3.13. The molecule has 7 nitrogen and oxygen atoms in total. The molecule has 0 radical (unpaired) electrons. The number of carbonyl (C=O) groups is 1. The van der Waals surface area contributed by atoms with Crippen LogP contribution in [0.1, 0.15) is 30.9 Å². The summed E-state index contributed by atoms with van der Waals surface area (Å²) in [7, 11) is 1.62. The van der Waals surface area contributed by atoms with Gasteiger partial charge in [0.15, 0.2) is 0 Å². The number of pyridine rings is 1. The topological polar surface area (TPSA) is 67.2 Å². The molecule has 0 saturated carbocycles. The molecule has 1 atom stereocenters. The average molecular weight is 507 g/mol. The molecule has 180 valence electrons. The Hall–Kier alpha value is -3.17. The van der Waals surface area contributed by atoms with Gasteiger partial charge in [-0.2, -0.15) is 0 Å². The van der Waals surface area contributed by atoms with E-state index in [1.54, 1.807) is 30.3 Å². The number of aromatic nitrogens is 2. The molecule has 2 aliphatic rings. The van der Waals surface area contributed by atoms with E-state index in [0.717, 1.165) is 37.2 Å². The molecule has 0 aliphatic carbocycles. The number of thioether (sulfide) groups is 1. The monoisotopic (exact) mass is 506 g/mol. The van der Waals surface area contributed by atoms with Crippen molar-refractivity contribution < 1.29 is 9.53 Å². The Morgan fingerprint density at radius 2 is 2.00 bits per heavy atom. The quantitative estimate of drug-likeness (QED) is 0.377. The van der Waals surface area contributed by atoms with Gasteiger partial charge in [0.05, 0.1) is 24.1 Å². The minimum Gasteiger partial charge on any atom is -0.497 e. The van der Waals surface area contributed by atoms with Crippen LogP contribution in [0.3, 0.4) is 0 Å². The maximum absolute atomic E-state index is 13.6. The molecule has 2 aliphatic heterocycles. The van der Waals surface area contributed by atoms with Crippen LogP contribution in [0.4, 0.5) is 5.82 Å². The Kier molecular flexibility index (Phi) is 6.62. The minimum atomic E-state index is -0.202. The van der Waals surface area contributed by atoms with Crippen molar-refractivity contribution in [3.05, 3.63) is 75.0 Å². The van der Waals surface area contributed by atoms with Crippen LogP contribution in [0.15, 0.2) is 58.4 Å². The van der Waals surface area contributed by atoms with Crippen molar-refractivity contribution in [2.75, 3.05) is 25.1 Å². The lowest BCUT2D eigenvalue weighted by Crippen LogP contribution is -2.37. The van der Waals surface area contributed by atoms with E-state index in [9.17, 15) is 9.59 Å². The number of ether oxygens (including phenoxy) is 1. The van der Waals surface area contributed by atoms with Gasteiger partial charge in [0.25, 0.3) is 11.5 Å². The molecule has 3 aromatic rings. The van der Waals surface area contributed by atoms with Gasteiger partial charge in [-0.1, -0.05) is 49.1 Å². The fourth-order valence-corrected chi connectivity index (χ4v) is 5.76. The van der Waals surface area contributed by atoms with E-state index in [2.05, 4.69) is 11.8 Å². The zero-order valence-electron chi connectivity index (χ0n) is 19.6. The molecule has 0 N–H and O–H groups in total. The van der Waals surface area contributed by atoms with Crippen LogP contribution >= 0.6 is 24.0 Å². The fourth-order valence-electron chi connectivity index (χ4n) is 4.52. The molecule has 2 aromatic heterocycles. The third-order valence-corrected chi connectivity index (χ3v) is 7.73. The molecule has 2 fully saturated rings. The summed E-state index contributed by atoms with van der Waals surface area (Å²) in [4.78, 5) is 35.9. The van der Waals surface area contributed by atoms with Gasteiger partial charge < -0.3 is 9.64 Å². The number of anilines is 1. The van der Waals surface area contributed by atoms with Crippen LogP contribution < -0.4 is 15.2 Å². The summed E-state index contributed by atoms with van der Waals surface area (Å²) in [5, 5.41) is 0. The Morgan fingerprint density at radius 1 is 1.20 bits per heavy atom. The summed E-state index contributed by atoms with van der Waals surface area (Å²) in [6, 6.07) is 13.0. The summed E-state index contributed by atoms with van der Waals surface area (Å²) in [5.74, 6) is 1.69. The van der Waals surface area contributed by atoms with Crippen molar-refractivity contribution in [1.82, 2.24) is 14.3 Å². The Labute approximate surface area is 213 Å². The van der Waals surface area contributed by atoms with Crippen LogP contribution in [0.5, 0.6) is 5.75 Å². The Bertz CT molecular complexity index is 1380. The molecule has 1 unspecified atom stereocenters. The molecule has 1 aromatic carbocycles.